The van der Waals surface area contributed by atoms with Crippen molar-refractivity contribution in [2.45, 2.75) is 44.6 Å². The maximum atomic E-state index is 12.3. The quantitative estimate of drug-likeness (QED) is 0.640. The van der Waals surface area contributed by atoms with Crippen LogP contribution in [-0.2, 0) is 14.3 Å². The predicted octanol–water partition coefficient (Wildman–Crippen LogP) is 2.39. The fourth-order valence-electron chi connectivity index (χ4n) is 2.52. The first kappa shape index (κ1) is 14.6. The second kappa shape index (κ2) is 6.07. The van der Waals surface area contributed by atoms with E-state index in [2.05, 4.69) is 5.32 Å². The highest BCUT2D eigenvalue weighted by Crippen LogP contribution is 2.52. The minimum atomic E-state index is -0.860. The smallest absolute Gasteiger partial charge is 0.332 e. The first-order chi connectivity index (χ1) is 9.60. The number of rotatable bonds is 6. The van der Waals surface area contributed by atoms with Gasteiger partial charge in [-0.15, -0.1) is 0 Å². The molecule has 20 heavy (non-hydrogen) atoms. The molecule has 0 bridgehead atoms. The summed E-state index contributed by atoms with van der Waals surface area (Å²) < 4.78 is 5.31. The summed E-state index contributed by atoms with van der Waals surface area (Å²) in [7, 11) is 0. The SMILES string of the molecule is CCCCOC(=O)[C@@]1(NC(C)=O)CC1c1ccccc1. The minimum absolute atomic E-state index is 0.0155. The first-order valence-corrected chi connectivity index (χ1v) is 7.11. The molecule has 1 aromatic carbocycles. The summed E-state index contributed by atoms with van der Waals surface area (Å²) in [6.45, 7) is 3.89. The highest BCUT2D eigenvalue weighted by Gasteiger charge is 2.62. The fraction of sp³-hybridized carbons (Fsp3) is 0.500. The van der Waals surface area contributed by atoms with Crippen LogP contribution >= 0.6 is 0 Å². The van der Waals surface area contributed by atoms with Crippen molar-refractivity contribution < 1.29 is 14.3 Å². The van der Waals surface area contributed by atoms with Gasteiger partial charge in [0.1, 0.15) is 5.54 Å². The van der Waals surface area contributed by atoms with Crippen LogP contribution < -0.4 is 5.32 Å². The van der Waals surface area contributed by atoms with E-state index >= 15 is 0 Å². The highest BCUT2D eigenvalue weighted by molar-refractivity contribution is 5.92. The third-order valence-electron chi connectivity index (χ3n) is 3.66. The monoisotopic (exact) mass is 275 g/mol. The number of unbranched alkanes of at least 4 members (excludes halogenated alkanes) is 1. The zero-order valence-corrected chi connectivity index (χ0v) is 12.0. The highest BCUT2D eigenvalue weighted by atomic mass is 16.5. The van der Waals surface area contributed by atoms with Crippen molar-refractivity contribution in [2.75, 3.05) is 6.61 Å². The van der Waals surface area contributed by atoms with Crippen LogP contribution in [-0.4, -0.2) is 24.0 Å². The normalized spacial score (nSPS) is 24.0. The number of benzene rings is 1. The molecule has 0 saturated heterocycles. The molecule has 1 aliphatic carbocycles. The van der Waals surface area contributed by atoms with Gasteiger partial charge in [-0.25, -0.2) is 4.79 Å². The Labute approximate surface area is 119 Å². The van der Waals surface area contributed by atoms with E-state index in [0.29, 0.717) is 13.0 Å². The molecule has 1 aliphatic rings. The van der Waals surface area contributed by atoms with Gasteiger partial charge in [-0.1, -0.05) is 43.7 Å². The van der Waals surface area contributed by atoms with Crippen molar-refractivity contribution >= 4 is 11.9 Å². The topological polar surface area (TPSA) is 55.4 Å². The lowest BCUT2D eigenvalue weighted by Gasteiger charge is -2.17. The Balaban J connectivity index is 2.09. The summed E-state index contributed by atoms with van der Waals surface area (Å²) >= 11 is 0. The Kier molecular flexibility index (Phi) is 4.42. The predicted molar refractivity (Wildman–Crippen MR) is 76.2 cm³/mol. The fourth-order valence-corrected chi connectivity index (χ4v) is 2.52. The molecule has 1 saturated carbocycles. The van der Waals surface area contributed by atoms with E-state index in [1.165, 1.54) is 6.92 Å². The molecule has 1 amide bonds. The Morgan fingerprint density at radius 1 is 1.35 bits per heavy atom. The third kappa shape index (κ3) is 3.00. The molecule has 1 fully saturated rings. The molecule has 1 aromatic rings. The van der Waals surface area contributed by atoms with Crippen LogP contribution in [0.15, 0.2) is 30.3 Å². The van der Waals surface area contributed by atoms with Crippen molar-refractivity contribution in [1.29, 1.82) is 0 Å². The molecule has 0 aromatic heterocycles. The summed E-state index contributed by atoms with van der Waals surface area (Å²) in [6, 6.07) is 9.77. The van der Waals surface area contributed by atoms with Gasteiger partial charge >= 0.3 is 5.97 Å². The summed E-state index contributed by atoms with van der Waals surface area (Å²) in [6.07, 6.45) is 2.43. The second-order valence-corrected chi connectivity index (χ2v) is 5.31. The molecule has 0 radical (unpaired) electrons. The van der Waals surface area contributed by atoms with Crippen molar-refractivity contribution in [3.8, 4) is 0 Å². The Morgan fingerprint density at radius 2 is 2.05 bits per heavy atom. The average Bonchev–Trinajstić information content (AvgIpc) is 3.15. The van der Waals surface area contributed by atoms with E-state index in [-0.39, 0.29) is 17.8 Å². The van der Waals surface area contributed by atoms with Gasteiger partial charge in [-0.05, 0) is 18.4 Å². The summed E-state index contributed by atoms with van der Waals surface area (Å²) in [5.41, 5.74) is 0.203. The Bertz CT molecular complexity index is 486. The van der Waals surface area contributed by atoms with Gasteiger partial charge in [0.05, 0.1) is 6.61 Å². The second-order valence-electron chi connectivity index (χ2n) is 5.31. The van der Waals surface area contributed by atoms with Gasteiger partial charge in [0.15, 0.2) is 0 Å². The number of ether oxygens (including phenoxy) is 1. The molecule has 4 heteroatoms. The van der Waals surface area contributed by atoms with Crippen molar-refractivity contribution in [3.63, 3.8) is 0 Å². The number of hydrogen-bond acceptors (Lipinski definition) is 3. The van der Waals surface area contributed by atoms with Gasteiger partial charge in [0.2, 0.25) is 5.91 Å². The number of nitrogens with one attached hydrogen (secondary N) is 1. The Hall–Kier alpha value is -1.84. The van der Waals surface area contributed by atoms with Crippen LogP contribution in [0.4, 0.5) is 0 Å². The number of carbonyl (C=O) groups is 2. The van der Waals surface area contributed by atoms with E-state index in [0.717, 1.165) is 18.4 Å². The molecule has 0 heterocycles. The third-order valence-corrected chi connectivity index (χ3v) is 3.66. The van der Waals surface area contributed by atoms with E-state index < -0.39 is 5.54 Å². The molecule has 0 aliphatic heterocycles. The lowest BCUT2D eigenvalue weighted by Crippen LogP contribution is -2.44. The van der Waals surface area contributed by atoms with Crippen molar-refractivity contribution in [3.05, 3.63) is 35.9 Å². The molecule has 1 N–H and O–H groups in total. The van der Waals surface area contributed by atoms with Crippen LogP contribution in [0.2, 0.25) is 0 Å². The molecule has 2 rings (SSSR count). The number of esters is 1. The van der Waals surface area contributed by atoms with Gasteiger partial charge in [0.25, 0.3) is 0 Å². The van der Waals surface area contributed by atoms with E-state index in [1.807, 2.05) is 37.3 Å². The molecule has 4 nitrogen and oxygen atoms in total. The molecule has 108 valence electrons. The van der Waals surface area contributed by atoms with E-state index in [9.17, 15) is 9.59 Å². The largest absolute Gasteiger partial charge is 0.464 e. The number of hydrogen-bond donors (Lipinski definition) is 1. The van der Waals surface area contributed by atoms with Crippen LogP contribution in [0.5, 0.6) is 0 Å². The van der Waals surface area contributed by atoms with Crippen LogP contribution in [0.25, 0.3) is 0 Å². The van der Waals surface area contributed by atoms with Gasteiger partial charge in [-0.2, -0.15) is 0 Å². The van der Waals surface area contributed by atoms with Crippen LogP contribution in [0.3, 0.4) is 0 Å². The van der Waals surface area contributed by atoms with Crippen molar-refractivity contribution in [2.24, 2.45) is 0 Å². The number of amides is 1. The average molecular weight is 275 g/mol. The molecule has 1 unspecified atom stereocenters. The summed E-state index contributed by atoms with van der Waals surface area (Å²) in [4.78, 5) is 23.7. The van der Waals surface area contributed by atoms with Crippen LogP contribution in [0.1, 0.15) is 44.6 Å². The van der Waals surface area contributed by atoms with Gasteiger partial charge < -0.3 is 10.1 Å². The lowest BCUT2D eigenvalue weighted by atomic mass is 10.1. The standard InChI is InChI=1S/C16H21NO3/c1-3-4-10-20-15(19)16(17-12(2)18)11-14(16)13-8-6-5-7-9-13/h5-9,14H,3-4,10-11H2,1-2H3,(H,17,18)/t14?,16-/m1/s1. The maximum absolute atomic E-state index is 12.3. The maximum Gasteiger partial charge on any atom is 0.332 e. The van der Waals surface area contributed by atoms with Crippen molar-refractivity contribution in [1.82, 2.24) is 5.32 Å². The molecule has 2 atom stereocenters. The molecular formula is C16H21NO3. The molecular weight excluding hydrogens is 254 g/mol. The summed E-state index contributed by atoms with van der Waals surface area (Å²) in [5, 5.41) is 2.79. The molecule has 0 spiro atoms. The lowest BCUT2D eigenvalue weighted by molar-refractivity contribution is -0.149. The number of carbonyl (C=O) groups excluding carboxylic acids is 2. The summed E-state index contributed by atoms with van der Waals surface area (Å²) in [5.74, 6) is -0.493. The van der Waals surface area contributed by atoms with E-state index in [1.54, 1.807) is 0 Å². The minimum Gasteiger partial charge on any atom is -0.464 e. The Morgan fingerprint density at radius 3 is 2.65 bits per heavy atom. The first-order valence-electron chi connectivity index (χ1n) is 7.11. The van der Waals surface area contributed by atoms with Gasteiger partial charge in [0, 0.05) is 12.8 Å². The zero-order chi connectivity index (χ0) is 14.6. The van der Waals surface area contributed by atoms with Gasteiger partial charge in [-0.3, -0.25) is 4.79 Å². The van der Waals surface area contributed by atoms with Crippen LogP contribution in [0, 0.1) is 0 Å². The zero-order valence-electron chi connectivity index (χ0n) is 12.0. The van der Waals surface area contributed by atoms with E-state index in [4.69, 9.17) is 4.74 Å².